The van der Waals surface area contributed by atoms with Gasteiger partial charge in [-0.3, -0.25) is 0 Å². The average Bonchev–Trinajstić information content (AvgIpc) is 2.83. The summed E-state index contributed by atoms with van der Waals surface area (Å²) in [6.07, 6.45) is 8.34. The van der Waals surface area contributed by atoms with E-state index in [1.165, 1.54) is 39.0 Å². The summed E-state index contributed by atoms with van der Waals surface area (Å²) in [6, 6.07) is 13.1. The summed E-state index contributed by atoms with van der Waals surface area (Å²) in [6.45, 7) is 19.5. The molecule has 3 N–H and O–H groups in total. The Hall–Kier alpha value is -2.46. The third kappa shape index (κ3) is 10.8. The summed E-state index contributed by atoms with van der Waals surface area (Å²) in [5.41, 5.74) is 11.0. The minimum atomic E-state index is 0. The Labute approximate surface area is 215 Å². The molecule has 35 heavy (non-hydrogen) atoms. The van der Waals surface area contributed by atoms with E-state index in [2.05, 4.69) is 94.5 Å². The third-order valence-corrected chi connectivity index (χ3v) is 5.39. The maximum atomic E-state index is 9.47. The van der Waals surface area contributed by atoms with E-state index in [0.29, 0.717) is 6.42 Å². The highest BCUT2D eigenvalue weighted by atomic mass is 16.4. The van der Waals surface area contributed by atoms with Crippen LogP contribution in [-0.4, -0.2) is 31.4 Å². The zero-order valence-electron chi connectivity index (χ0n) is 23.7. The fourth-order valence-electron chi connectivity index (χ4n) is 3.97. The van der Waals surface area contributed by atoms with E-state index in [0.717, 1.165) is 30.4 Å². The van der Waals surface area contributed by atoms with Gasteiger partial charge in [0.1, 0.15) is 0 Å². The van der Waals surface area contributed by atoms with Crippen LogP contribution in [-0.2, 0) is 11.2 Å². The number of rotatable bonds is 9. The van der Waals surface area contributed by atoms with E-state index in [4.69, 9.17) is 0 Å². The van der Waals surface area contributed by atoms with Gasteiger partial charge in [-0.25, -0.2) is 0 Å². The van der Waals surface area contributed by atoms with Crippen molar-refractivity contribution in [1.82, 2.24) is 0 Å². The molecule has 196 valence electrons. The molecule has 2 aromatic carbocycles. The molecule has 0 radical (unpaired) electrons. The highest BCUT2D eigenvalue weighted by Crippen LogP contribution is 2.36. The van der Waals surface area contributed by atoms with Gasteiger partial charge in [-0.05, 0) is 84.1 Å². The molecular weight excluding hydrogens is 432 g/mol. The number of ether oxygens (including phenoxy) is 1. The first-order chi connectivity index (χ1) is 16.4. The van der Waals surface area contributed by atoms with Crippen LogP contribution in [0.1, 0.15) is 87.3 Å². The number of aryl methyl sites for hydroxylation is 2. The van der Waals surface area contributed by atoms with E-state index >= 15 is 0 Å². The summed E-state index contributed by atoms with van der Waals surface area (Å²) in [4.78, 5) is 0. The predicted molar refractivity (Wildman–Crippen MR) is 156 cm³/mol. The first-order valence-corrected chi connectivity index (χ1v) is 12.7. The lowest BCUT2D eigenvalue weighted by molar-refractivity contribution is 0.277. The van der Waals surface area contributed by atoms with E-state index in [-0.39, 0.29) is 12.1 Å². The molecule has 0 atom stereocenters. The Kier molecular flexibility index (Phi) is 19.6. The van der Waals surface area contributed by atoms with Gasteiger partial charge in [-0.15, -0.1) is 0 Å². The maximum Gasteiger partial charge on any atom is 0.0471 e. The number of allylic oxidation sites excluding steroid dienone is 4. The quantitative estimate of drug-likeness (QED) is 0.369. The zero-order chi connectivity index (χ0) is 26.1. The fourth-order valence-corrected chi connectivity index (χ4v) is 3.97. The molecule has 0 aromatic heterocycles. The van der Waals surface area contributed by atoms with Gasteiger partial charge in [0.25, 0.3) is 0 Å². The molecule has 0 spiro atoms. The van der Waals surface area contributed by atoms with Gasteiger partial charge in [0.2, 0.25) is 0 Å². The summed E-state index contributed by atoms with van der Waals surface area (Å²) < 4.78 is 4.25. The van der Waals surface area contributed by atoms with Gasteiger partial charge in [0.05, 0.1) is 0 Å². The van der Waals surface area contributed by atoms with Crippen LogP contribution in [0.4, 0.5) is 0 Å². The SMILES string of the molecule is C=C(c1ccc(C)cc1C)c1ccc(CCO)cc1C(=C/CC)/C(=C\CC)CC.CC.COC.O. The minimum Gasteiger partial charge on any atom is -0.412 e. The molecule has 3 nitrogen and oxygen atoms in total. The molecule has 0 bridgehead atoms. The molecule has 0 aliphatic heterocycles. The topological polar surface area (TPSA) is 61.0 Å². The molecule has 0 aliphatic carbocycles. The van der Waals surface area contributed by atoms with Crippen molar-refractivity contribution in [2.24, 2.45) is 0 Å². The van der Waals surface area contributed by atoms with Crippen LogP contribution >= 0.6 is 0 Å². The van der Waals surface area contributed by atoms with Gasteiger partial charge < -0.3 is 15.3 Å². The van der Waals surface area contributed by atoms with Crippen LogP contribution in [0.2, 0.25) is 0 Å². The van der Waals surface area contributed by atoms with E-state index in [1.54, 1.807) is 14.2 Å². The molecule has 0 saturated heterocycles. The Balaban J connectivity index is 0. The third-order valence-electron chi connectivity index (χ3n) is 5.39. The second-order valence-electron chi connectivity index (χ2n) is 8.08. The molecule has 0 heterocycles. The predicted octanol–water partition coefficient (Wildman–Crippen LogP) is 7.90. The molecule has 2 rings (SSSR count). The molecule has 2 aromatic rings. The van der Waals surface area contributed by atoms with Crippen LogP contribution < -0.4 is 0 Å². The Bertz CT molecular complexity index is 936. The van der Waals surface area contributed by atoms with Crippen molar-refractivity contribution in [2.45, 2.75) is 74.1 Å². The number of hydrogen-bond donors (Lipinski definition) is 1. The Morgan fingerprint density at radius 1 is 0.886 bits per heavy atom. The van der Waals surface area contributed by atoms with Gasteiger partial charge in [-0.1, -0.05) is 95.3 Å². The summed E-state index contributed by atoms with van der Waals surface area (Å²) in [5, 5.41) is 9.47. The normalized spacial score (nSPS) is 10.9. The van der Waals surface area contributed by atoms with E-state index < -0.39 is 0 Å². The van der Waals surface area contributed by atoms with Crippen molar-refractivity contribution in [3.63, 3.8) is 0 Å². The van der Waals surface area contributed by atoms with Crippen LogP contribution in [0.25, 0.3) is 11.1 Å². The standard InChI is InChI=1S/C28H36O.C2H6O.C2H6.H2O/c1-7-10-24(9-3)27(11-8-2)28-19-23(16-17-29)13-15-26(28)22(6)25-14-12-20(4)18-21(25)5;1-3-2;1-2;/h10-15,18-19,29H,6-9,16-17H2,1-5H3;1-2H3;1-2H3;1H2/b24-10-,27-11+;;;. The van der Waals surface area contributed by atoms with Crippen LogP contribution in [0.15, 0.2) is 60.7 Å². The van der Waals surface area contributed by atoms with Gasteiger partial charge in [-0.2, -0.15) is 0 Å². The number of aliphatic hydroxyl groups is 1. The minimum absolute atomic E-state index is 0. The smallest absolute Gasteiger partial charge is 0.0471 e. The molecular formula is C32H50O3. The molecule has 0 aliphatic rings. The van der Waals surface area contributed by atoms with Crippen LogP contribution in [0.3, 0.4) is 0 Å². The van der Waals surface area contributed by atoms with E-state index in [9.17, 15) is 5.11 Å². The Morgan fingerprint density at radius 2 is 1.46 bits per heavy atom. The highest BCUT2D eigenvalue weighted by molar-refractivity contribution is 5.91. The number of methoxy groups -OCH3 is 1. The van der Waals surface area contributed by atoms with Crippen molar-refractivity contribution < 1.29 is 15.3 Å². The first-order valence-electron chi connectivity index (χ1n) is 12.7. The number of benzene rings is 2. The summed E-state index contributed by atoms with van der Waals surface area (Å²) in [7, 11) is 3.25. The van der Waals surface area contributed by atoms with Crippen molar-refractivity contribution in [3.8, 4) is 0 Å². The maximum absolute atomic E-state index is 9.47. The highest BCUT2D eigenvalue weighted by Gasteiger charge is 2.16. The van der Waals surface area contributed by atoms with Gasteiger partial charge in [0.15, 0.2) is 0 Å². The van der Waals surface area contributed by atoms with Gasteiger partial charge in [0, 0.05) is 20.8 Å². The van der Waals surface area contributed by atoms with Crippen molar-refractivity contribution >= 4 is 11.1 Å². The number of aliphatic hydroxyl groups excluding tert-OH is 1. The Morgan fingerprint density at radius 3 is 1.94 bits per heavy atom. The van der Waals surface area contributed by atoms with Crippen molar-refractivity contribution in [1.29, 1.82) is 0 Å². The summed E-state index contributed by atoms with van der Waals surface area (Å²) >= 11 is 0. The lowest BCUT2D eigenvalue weighted by Crippen LogP contribution is -2.01. The van der Waals surface area contributed by atoms with Crippen LogP contribution in [0.5, 0.6) is 0 Å². The molecule has 0 fully saturated rings. The summed E-state index contributed by atoms with van der Waals surface area (Å²) in [5.74, 6) is 0. The zero-order valence-corrected chi connectivity index (χ0v) is 23.7. The van der Waals surface area contributed by atoms with E-state index in [1.807, 2.05) is 13.8 Å². The van der Waals surface area contributed by atoms with Crippen molar-refractivity contribution in [2.75, 3.05) is 20.8 Å². The second kappa shape index (κ2) is 19.8. The molecule has 3 heteroatoms. The number of hydrogen-bond acceptors (Lipinski definition) is 2. The fraction of sp³-hybridized carbons (Fsp3) is 0.438. The largest absolute Gasteiger partial charge is 0.412 e. The first kappa shape index (κ1) is 34.7. The lowest BCUT2D eigenvalue weighted by atomic mass is 9.84. The van der Waals surface area contributed by atoms with Gasteiger partial charge >= 0.3 is 0 Å². The molecule has 0 amide bonds. The van der Waals surface area contributed by atoms with Crippen LogP contribution in [0, 0.1) is 13.8 Å². The molecule has 0 unspecified atom stereocenters. The lowest BCUT2D eigenvalue weighted by Gasteiger charge is -2.20. The second-order valence-corrected chi connectivity index (χ2v) is 8.08. The monoisotopic (exact) mass is 482 g/mol. The van der Waals surface area contributed by atoms with Crippen molar-refractivity contribution in [3.05, 3.63) is 94.1 Å². The molecule has 0 saturated carbocycles. The average molecular weight is 483 g/mol.